The van der Waals surface area contributed by atoms with Gasteiger partial charge >= 0.3 is 11.8 Å². The van der Waals surface area contributed by atoms with Crippen molar-refractivity contribution in [2.45, 2.75) is 64.6 Å². The second-order valence-corrected chi connectivity index (χ2v) is 9.64. The van der Waals surface area contributed by atoms with Gasteiger partial charge in [0.15, 0.2) is 0 Å². The standard InChI is InChI=1S/C25H36N4O3/c1-19(2)29-17-16-28(24(31)25(29)32)18-20-6-8-21(9-7-20)23(30)27-14-10-22(11-15-27)26-12-4-3-5-13-26/h6-9,19,22H,3-5,10-18H2,1-2H3. The van der Waals surface area contributed by atoms with E-state index in [1.54, 1.807) is 9.80 Å². The van der Waals surface area contributed by atoms with E-state index in [1.807, 2.05) is 43.0 Å². The number of piperidine rings is 2. The monoisotopic (exact) mass is 440 g/mol. The number of carbonyl (C=O) groups is 3. The van der Waals surface area contributed by atoms with Crippen LogP contribution >= 0.6 is 0 Å². The lowest BCUT2D eigenvalue weighted by Crippen LogP contribution is -2.55. The van der Waals surface area contributed by atoms with Gasteiger partial charge in [0.25, 0.3) is 5.91 Å². The first-order valence-corrected chi connectivity index (χ1v) is 12.2. The molecule has 0 spiro atoms. The first-order valence-electron chi connectivity index (χ1n) is 12.2. The zero-order valence-electron chi connectivity index (χ0n) is 19.5. The van der Waals surface area contributed by atoms with Crippen LogP contribution in [-0.2, 0) is 16.1 Å². The molecule has 0 unspecified atom stereocenters. The summed E-state index contributed by atoms with van der Waals surface area (Å²) < 4.78 is 0. The van der Waals surface area contributed by atoms with Gasteiger partial charge in [-0.2, -0.15) is 0 Å². The van der Waals surface area contributed by atoms with Crippen LogP contribution in [0.4, 0.5) is 0 Å². The lowest BCUT2D eigenvalue weighted by molar-refractivity contribution is -0.157. The number of piperazine rings is 1. The van der Waals surface area contributed by atoms with Gasteiger partial charge in [0, 0.05) is 50.4 Å². The van der Waals surface area contributed by atoms with E-state index in [-0.39, 0.29) is 11.9 Å². The SMILES string of the molecule is CC(C)N1CCN(Cc2ccc(C(=O)N3CCC(N4CCCCC4)CC3)cc2)C(=O)C1=O. The van der Waals surface area contributed by atoms with Crippen molar-refractivity contribution < 1.29 is 14.4 Å². The van der Waals surface area contributed by atoms with Crippen molar-refractivity contribution >= 4 is 17.7 Å². The normalized spacial score (nSPS) is 21.5. The van der Waals surface area contributed by atoms with E-state index in [4.69, 9.17) is 0 Å². The highest BCUT2D eigenvalue weighted by Crippen LogP contribution is 2.22. The maximum atomic E-state index is 13.0. The average Bonchev–Trinajstić information content (AvgIpc) is 2.82. The van der Waals surface area contributed by atoms with Crippen LogP contribution in [0.1, 0.15) is 61.9 Å². The molecule has 32 heavy (non-hydrogen) atoms. The number of likely N-dealkylation sites (tertiary alicyclic amines) is 2. The highest BCUT2D eigenvalue weighted by molar-refractivity contribution is 6.35. The van der Waals surface area contributed by atoms with E-state index < -0.39 is 11.8 Å². The number of nitrogens with zero attached hydrogens (tertiary/aromatic N) is 4. The first-order chi connectivity index (χ1) is 15.4. The van der Waals surface area contributed by atoms with Gasteiger partial charge in [-0.25, -0.2) is 0 Å². The third-order valence-corrected chi connectivity index (χ3v) is 7.20. The Balaban J connectivity index is 1.29. The van der Waals surface area contributed by atoms with Crippen molar-refractivity contribution in [1.29, 1.82) is 0 Å². The maximum Gasteiger partial charge on any atom is 0.312 e. The summed E-state index contributed by atoms with van der Waals surface area (Å²) in [7, 11) is 0. The Morgan fingerprint density at radius 3 is 2.16 bits per heavy atom. The second-order valence-electron chi connectivity index (χ2n) is 9.64. The van der Waals surface area contributed by atoms with Gasteiger partial charge in [0.2, 0.25) is 0 Å². The molecule has 1 aromatic rings. The predicted octanol–water partition coefficient (Wildman–Crippen LogP) is 2.36. The summed E-state index contributed by atoms with van der Waals surface area (Å²) in [5, 5.41) is 0. The largest absolute Gasteiger partial charge is 0.339 e. The summed E-state index contributed by atoms with van der Waals surface area (Å²) in [6.07, 6.45) is 6.07. The Hall–Kier alpha value is -2.41. The van der Waals surface area contributed by atoms with E-state index in [1.165, 1.54) is 32.4 Å². The van der Waals surface area contributed by atoms with E-state index in [2.05, 4.69) is 4.90 Å². The summed E-state index contributed by atoms with van der Waals surface area (Å²) >= 11 is 0. The fourth-order valence-corrected chi connectivity index (χ4v) is 5.21. The van der Waals surface area contributed by atoms with Crippen LogP contribution in [0, 0.1) is 0 Å². The molecule has 3 fully saturated rings. The minimum Gasteiger partial charge on any atom is -0.339 e. The Kier molecular flexibility index (Phi) is 7.13. The van der Waals surface area contributed by atoms with Crippen LogP contribution in [-0.4, -0.2) is 88.7 Å². The summed E-state index contributed by atoms with van der Waals surface area (Å²) in [6.45, 7) is 9.39. The molecule has 174 valence electrons. The Labute approximate surface area is 191 Å². The van der Waals surface area contributed by atoms with E-state index in [0.29, 0.717) is 31.2 Å². The molecule has 0 aliphatic carbocycles. The van der Waals surface area contributed by atoms with Crippen LogP contribution < -0.4 is 0 Å². The number of amides is 3. The lowest BCUT2D eigenvalue weighted by Gasteiger charge is -2.40. The van der Waals surface area contributed by atoms with Gasteiger partial charge in [0.05, 0.1) is 0 Å². The number of rotatable bonds is 5. The number of hydrogen-bond acceptors (Lipinski definition) is 4. The Bertz CT molecular complexity index is 824. The molecule has 7 nitrogen and oxygen atoms in total. The molecule has 1 aromatic carbocycles. The van der Waals surface area contributed by atoms with E-state index in [9.17, 15) is 14.4 Å². The van der Waals surface area contributed by atoms with Gasteiger partial charge < -0.3 is 19.6 Å². The predicted molar refractivity (Wildman–Crippen MR) is 123 cm³/mol. The topological polar surface area (TPSA) is 64.2 Å². The van der Waals surface area contributed by atoms with Crippen molar-refractivity contribution in [2.75, 3.05) is 39.3 Å². The molecule has 3 amide bonds. The van der Waals surface area contributed by atoms with Crippen molar-refractivity contribution in [1.82, 2.24) is 19.6 Å². The molecule has 3 aliphatic rings. The van der Waals surface area contributed by atoms with E-state index in [0.717, 1.165) is 31.5 Å². The third kappa shape index (κ3) is 4.98. The third-order valence-electron chi connectivity index (χ3n) is 7.20. The average molecular weight is 441 g/mol. The molecule has 3 aliphatic heterocycles. The molecular weight excluding hydrogens is 404 g/mol. The van der Waals surface area contributed by atoms with Crippen LogP contribution in [0.25, 0.3) is 0 Å². The molecule has 4 rings (SSSR count). The summed E-state index contributed by atoms with van der Waals surface area (Å²) in [4.78, 5) is 45.5. The van der Waals surface area contributed by atoms with Crippen molar-refractivity contribution in [3.05, 3.63) is 35.4 Å². The highest BCUT2D eigenvalue weighted by atomic mass is 16.2. The molecule has 0 aromatic heterocycles. The fraction of sp³-hybridized carbons (Fsp3) is 0.640. The van der Waals surface area contributed by atoms with Crippen LogP contribution in [0.5, 0.6) is 0 Å². The van der Waals surface area contributed by atoms with Gasteiger partial charge in [-0.1, -0.05) is 18.6 Å². The van der Waals surface area contributed by atoms with E-state index >= 15 is 0 Å². The Morgan fingerprint density at radius 2 is 1.53 bits per heavy atom. The molecule has 0 bridgehead atoms. The van der Waals surface area contributed by atoms with Crippen LogP contribution in [0.2, 0.25) is 0 Å². The molecule has 7 heteroatoms. The summed E-state index contributed by atoms with van der Waals surface area (Å²) in [6, 6.07) is 8.17. The first kappa shape index (κ1) is 22.8. The maximum absolute atomic E-state index is 13.0. The molecule has 0 N–H and O–H groups in total. The molecule has 0 atom stereocenters. The van der Waals surface area contributed by atoms with Gasteiger partial charge in [-0.05, 0) is 70.3 Å². The zero-order valence-corrected chi connectivity index (χ0v) is 19.5. The second kappa shape index (κ2) is 10.0. The van der Waals surface area contributed by atoms with Crippen molar-refractivity contribution in [3.63, 3.8) is 0 Å². The van der Waals surface area contributed by atoms with Crippen molar-refractivity contribution in [2.24, 2.45) is 0 Å². The lowest BCUT2D eigenvalue weighted by atomic mass is 9.99. The minimum atomic E-state index is -0.443. The van der Waals surface area contributed by atoms with Gasteiger partial charge in [-0.15, -0.1) is 0 Å². The van der Waals surface area contributed by atoms with Crippen LogP contribution in [0.15, 0.2) is 24.3 Å². The molecule has 3 saturated heterocycles. The molecule has 0 radical (unpaired) electrons. The quantitative estimate of drug-likeness (QED) is 0.660. The fourth-order valence-electron chi connectivity index (χ4n) is 5.21. The number of benzene rings is 1. The molecule has 0 saturated carbocycles. The van der Waals surface area contributed by atoms with Gasteiger partial charge in [-0.3, -0.25) is 14.4 Å². The van der Waals surface area contributed by atoms with Crippen LogP contribution in [0.3, 0.4) is 0 Å². The Morgan fingerprint density at radius 1 is 0.875 bits per heavy atom. The van der Waals surface area contributed by atoms with Gasteiger partial charge in [0.1, 0.15) is 0 Å². The number of carbonyl (C=O) groups excluding carboxylic acids is 3. The summed E-state index contributed by atoms with van der Waals surface area (Å²) in [5.41, 5.74) is 1.63. The number of hydrogen-bond donors (Lipinski definition) is 0. The highest BCUT2D eigenvalue weighted by Gasteiger charge is 2.33. The zero-order chi connectivity index (χ0) is 22.7. The smallest absolute Gasteiger partial charge is 0.312 e. The summed E-state index contributed by atoms with van der Waals surface area (Å²) in [5.74, 6) is -0.780. The molecule has 3 heterocycles. The minimum absolute atomic E-state index is 0.0313. The molecular formula is C25H36N4O3. The van der Waals surface area contributed by atoms with Crippen molar-refractivity contribution in [3.8, 4) is 0 Å².